The topological polar surface area (TPSA) is 74.7 Å². The van der Waals surface area contributed by atoms with E-state index < -0.39 is 0 Å². The minimum atomic E-state index is -0.167. The van der Waals surface area contributed by atoms with Crippen molar-refractivity contribution >= 4 is 16.9 Å². The second-order valence-electron chi connectivity index (χ2n) is 5.19. The van der Waals surface area contributed by atoms with Gasteiger partial charge in [0.1, 0.15) is 5.58 Å². The highest BCUT2D eigenvalue weighted by atomic mass is 16.5. The molecule has 5 nitrogen and oxygen atoms in total. The molecule has 0 atom stereocenters. The number of methoxy groups -OCH3 is 2. The molecule has 2 N–H and O–H groups in total. The van der Waals surface area contributed by atoms with Crippen molar-refractivity contribution in [3.63, 3.8) is 0 Å². The maximum absolute atomic E-state index is 12.8. The number of benzene rings is 2. The van der Waals surface area contributed by atoms with Crippen molar-refractivity contribution in [3.05, 3.63) is 52.2 Å². The van der Waals surface area contributed by atoms with Crippen molar-refractivity contribution in [2.24, 2.45) is 0 Å². The van der Waals surface area contributed by atoms with Crippen molar-refractivity contribution in [3.8, 4) is 22.6 Å². The minimum Gasteiger partial charge on any atom is -0.493 e. The second-order valence-corrected chi connectivity index (χ2v) is 5.19. The molecule has 3 aromatic rings. The molecule has 0 aliphatic carbocycles. The molecule has 0 radical (unpaired) electrons. The van der Waals surface area contributed by atoms with E-state index in [1.807, 2.05) is 19.1 Å². The normalized spacial score (nSPS) is 10.7. The molecule has 0 amide bonds. The van der Waals surface area contributed by atoms with Gasteiger partial charge in [-0.1, -0.05) is 18.2 Å². The number of nitrogen functional groups attached to an aromatic ring is 1. The van der Waals surface area contributed by atoms with Gasteiger partial charge in [-0.2, -0.15) is 0 Å². The number of rotatable bonds is 3. The quantitative estimate of drug-likeness (QED) is 0.802. The van der Waals surface area contributed by atoms with Crippen LogP contribution in [-0.4, -0.2) is 14.2 Å². The van der Waals surface area contributed by atoms with E-state index in [-0.39, 0.29) is 11.3 Å². The Morgan fingerprint density at radius 3 is 2.48 bits per heavy atom. The third-order valence-electron chi connectivity index (χ3n) is 3.81. The number of aryl methyl sites for hydroxylation is 1. The zero-order valence-electron chi connectivity index (χ0n) is 13.2. The van der Waals surface area contributed by atoms with E-state index in [4.69, 9.17) is 19.6 Å². The smallest absolute Gasteiger partial charge is 0.202 e. The summed E-state index contributed by atoms with van der Waals surface area (Å²) in [5.41, 5.74) is 8.17. The van der Waals surface area contributed by atoms with Gasteiger partial charge in [0.25, 0.3) is 0 Å². The van der Waals surface area contributed by atoms with Crippen molar-refractivity contribution in [2.75, 3.05) is 20.0 Å². The monoisotopic (exact) mass is 311 g/mol. The van der Waals surface area contributed by atoms with E-state index in [9.17, 15) is 4.79 Å². The van der Waals surface area contributed by atoms with E-state index in [1.165, 1.54) is 7.11 Å². The average molecular weight is 311 g/mol. The van der Waals surface area contributed by atoms with E-state index >= 15 is 0 Å². The van der Waals surface area contributed by atoms with Crippen LogP contribution in [0.2, 0.25) is 0 Å². The molecule has 0 unspecified atom stereocenters. The fourth-order valence-electron chi connectivity index (χ4n) is 2.64. The van der Waals surface area contributed by atoms with Gasteiger partial charge in [-0.15, -0.1) is 0 Å². The van der Waals surface area contributed by atoms with E-state index in [1.54, 1.807) is 31.4 Å². The number of para-hydroxylation sites is 1. The van der Waals surface area contributed by atoms with Gasteiger partial charge in [-0.05, 0) is 36.2 Å². The van der Waals surface area contributed by atoms with Crippen molar-refractivity contribution in [2.45, 2.75) is 6.92 Å². The van der Waals surface area contributed by atoms with Crippen LogP contribution in [0.15, 0.2) is 45.6 Å². The maximum atomic E-state index is 12.8. The summed E-state index contributed by atoms with van der Waals surface area (Å²) in [6.07, 6.45) is 0. The first-order chi connectivity index (χ1) is 11.1. The summed E-state index contributed by atoms with van der Waals surface area (Å²) in [6, 6.07) is 10.6. The molecule has 0 saturated heterocycles. The van der Waals surface area contributed by atoms with Crippen LogP contribution in [0.5, 0.6) is 11.5 Å². The Bertz CT molecular complexity index is 944. The molecule has 2 aromatic carbocycles. The Morgan fingerprint density at radius 2 is 1.78 bits per heavy atom. The first-order valence-corrected chi connectivity index (χ1v) is 7.11. The lowest BCUT2D eigenvalue weighted by Gasteiger charge is -2.11. The Labute approximate surface area is 133 Å². The first-order valence-electron chi connectivity index (χ1n) is 7.11. The second kappa shape index (κ2) is 5.68. The predicted octanol–water partition coefficient (Wildman–Crippen LogP) is 3.37. The van der Waals surface area contributed by atoms with E-state index in [2.05, 4.69) is 0 Å². The lowest BCUT2D eigenvalue weighted by Crippen LogP contribution is -2.09. The van der Waals surface area contributed by atoms with Crippen molar-refractivity contribution < 1.29 is 13.9 Å². The molecule has 118 valence electrons. The van der Waals surface area contributed by atoms with Crippen LogP contribution in [0, 0.1) is 6.92 Å². The van der Waals surface area contributed by atoms with Crippen molar-refractivity contribution in [1.29, 1.82) is 0 Å². The molecular formula is C18H17NO4. The number of ether oxygens (including phenoxy) is 2. The van der Waals surface area contributed by atoms with Crippen LogP contribution in [0.25, 0.3) is 22.1 Å². The zero-order chi connectivity index (χ0) is 16.6. The van der Waals surface area contributed by atoms with Crippen LogP contribution in [0.3, 0.4) is 0 Å². The lowest BCUT2D eigenvalue weighted by atomic mass is 10.0. The highest BCUT2D eigenvalue weighted by Crippen LogP contribution is 2.34. The summed E-state index contributed by atoms with van der Waals surface area (Å²) in [5.74, 6) is 1.19. The van der Waals surface area contributed by atoms with Gasteiger partial charge in [0, 0.05) is 0 Å². The first kappa shape index (κ1) is 15.0. The Kier molecular flexibility index (Phi) is 3.70. The van der Waals surface area contributed by atoms with Gasteiger partial charge in [-0.3, -0.25) is 4.79 Å². The van der Waals surface area contributed by atoms with Crippen LogP contribution in [0.1, 0.15) is 5.56 Å². The molecule has 0 aliphatic rings. The van der Waals surface area contributed by atoms with E-state index in [0.29, 0.717) is 33.6 Å². The van der Waals surface area contributed by atoms with Crippen LogP contribution in [0.4, 0.5) is 5.88 Å². The van der Waals surface area contributed by atoms with Crippen LogP contribution >= 0.6 is 0 Å². The van der Waals surface area contributed by atoms with Crippen molar-refractivity contribution in [1.82, 2.24) is 0 Å². The standard InChI is InChI=1S/C18H17NO4/c1-10-5-4-6-12-16(20)15(18(19)23-17(10)12)11-7-8-13(21-2)14(9-11)22-3/h4-9H,19H2,1-3H3. The molecule has 1 heterocycles. The Morgan fingerprint density at radius 1 is 1.04 bits per heavy atom. The van der Waals surface area contributed by atoms with E-state index in [0.717, 1.165) is 5.56 Å². The van der Waals surface area contributed by atoms with Gasteiger partial charge in [-0.25, -0.2) is 0 Å². The Balaban J connectivity index is 2.31. The van der Waals surface area contributed by atoms with Gasteiger partial charge in [0.05, 0.1) is 25.2 Å². The number of hydrogen-bond acceptors (Lipinski definition) is 5. The number of nitrogens with two attached hydrogens (primary N) is 1. The Hall–Kier alpha value is -2.95. The molecule has 0 aliphatic heterocycles. The van der Waals surface area contributed by atoms with Crippen LogP contribution in [-0.2, 0) is 0 Å². The predicted molar refractivity (Wildman–Crippen MR) is 90.2 cm³/mol. The molecule has 5 heteroatoms. The highest BCUT2D eigenvalue weighted by molar-refractivity contribution is 5.88. The summed E-state index contributed by atoms with van der Waals surface area (Å²) >= 11 is 0. The molecule has 1 aromatic heterocycles. The minimum absolute atomic E-state index is 0.0871. The zero-order valence-corrected chi connectivity index (χ0v) is 13.2. The van der Waals surface area contributed by atoms with Gasteiger partial charge in [0.15, 0.2) is 11.5 Å². The third kappa shape index (κ3) is 2.40. The summed E-state index contributed by atoms with van der Waals surface area (Å²) in [5, 5.41) is 0.504. The van der Waals surface area contributed by atoms with Crippen LogP contribution < -0.4 is 20.6 Å². The molecular weight excluding hydrogens is 294 g/mol. The number of anilines is 1. The molecule has 0 saturated carbocycles. The number of hydrogen-bond donors (Lipinski definition) is 1. The molecule has 0 fully saturated rings. The molecule has 3 rings (SSSR count). The summed E-state index contributed by atoms with van der Waals surface area (Å²) in [7, 11) is 3.09. The SMILES string of the molecule is COc1ccc(-c2c(N)oc3c(C)cccc3c2=O)cc1OC. The largest absolute Gasteiger partial charge is 0.493 e. The summed E-state index contributed by atoms with van der Waals surface area (Å²) < 4.78 is 16.2. The molecule has 23 heavy (non-hydrogen) atoms. The summed E-state index contributed by atoms with van der Waals surface area (Å²) in [6.45, 7) is 1.88. The number of fused-ring (bicyclic) bond motifs is 1. The maximum Gasteiger partial charge on any atom is 0.202 e. The molecule has 0 bridgehead atoms. The van der Waals surface area contributed by atoms with Gasteiger partial charge in [0.2, 0.25) is 11.3 Å². The fourth-order valence-corrected chi connectivity index (χ4v) is 2.64. The van der Waals surface area contributed by atoms with Gasteiger partial charge >= 0.3 is 0 Å². The average Bonchev–Trinajstić information content (AvgIpc) is 2.56. The molecule has 0 spiro atoms. The third-order valence-corrected chi connectivity index (χ3v) is 3.81. The fraction of sp³-hybridized carbons (Fsp3) is 0.167. The lowest BCUT2D eigenvalue weighted by molar-refractivity contribution is 0.355. The van der Waals surface area contributed by atoms with Gasteiger partial charge < -0.3 is 19.6 Å². The summed E-state index contributed by atoms with van der Waals surface area (Å²) in [4.78, 5) is 12.8. The highest BCUT2D eigenvalue weighted by Gasteiger charge is 2.17.